The zero-order valence-electron chi connectivity index (χ0n) is 25.9. The molecule has 0 unspecified atom stereocenters. The van der Waals surface area contributed by atoms with Crippen molar-refractivity contribution in [3.05, 3.63) is 62.0 Å². The van der Waals surface area contributed by atoms with Crippen molar-refractivity contribution in [2.75, 3.05) is 46.5 Å². The maximum Gasteiger partial charge on any atom is 0.320 e. The van der Waals surface area contributed by atoms with Crippen LogP contribution in [0.5, 0.6) is 0 Å². The third kappa shape index (κ3) is 13.3. The Labute approximate surface area is 248 Å². The molecule has 0 bridgehead atoms. The molecule has 9 nitrogen and oxygen atoms in total. The molecule has 41 heavy (non-hydrogen) atoms. The molecule has 2 saturated heterocycles. The molecule has 2 aliphatic heterocycles. The smallest absolute Gasteiger partial charge is 0.320 e. The first-order valence-electron chi connectivity index (χ1n) is 14.6. The van der Waals surface area contributed by atoms with E-state index in [1.54, 1.807) is 6.08 Å². The standard InChI is InChI=1S/C14H21N.C12H22N2O2.C6H10N2O2/c1-6-10-14(7-2)11-9-12-15(8-3)13(4)5;1-10(2)14-6-5-13(12(14)15)9-11-3-7-16-8-4-11;1-10-8-5-2-4(3-5)6(7)9/h6-8,10H,1-4,9,11-12H2,5H3;10-11H,3-9H2,1-2H3;4H,2-3H2,1H3,(H2,7,9)/b14-10+;;. The van der Waals surface area contributed by atoms with Crippen LogP contribution in [0.2, 0.25) is 0 Å². The van der Waals surface area contributed by atoms with Gasteiger partial charge in [0, 0.05) is 69.9 Å². The van der Waals surface area contributed by atoms with Crippen LogP contribution in [0.25, 0.3) is 0 Å². The highest BCUT2D eigenvalue weighted by molar-refractivity contribution is 5.98. The molecule has 0 aromatic rings. The number of rotatable bonds is 13. The lowest BCUT2D eigenvalue weighted by molar-refractivity contribution is -0.122. The number of oxime groups is 1. The summed E-state index contributed by atoms with van der Waals surface area (Å²) in [4.78, 5) is 33.0. The minimum Gasteiger partial charge on any atom is -0.399 e. The second-order valence-corrected chi connectivity index (χ2v) is 10.8. The molecule has 0 spiro atoms. The first-order valence-corrected chi connectivity index (χ1v) is 14.6. The zero-order chi connectivity index (χ0) is 30.8. The summed E-state index contributed by atoms with van der Waals surface area (Å²) < 4.78 is 5.34. The van der Waals surface area contributed by atoms with Gasteiger partial charge < -0.3 is 30.0 Å². The molecular weight excluding hydrogens is 518 g/mol. The third-order valence-corrected chi connectivity index (χ3v) is 7.33. The van der Waals surface area contributed by atoms with Crippen molar-refractivity contribution in [3.8, 4) is 0 Å². The van der Waals surface area contributed by atoms with Gasteiger partial charge in [0.1, 0.15) is 7.11 Å². The molecule has 9 heteroatoms. The normalized spacial score (nSPS) is 18.8. The Morgan fingerprint density at radius 3 is 2.34 bits per heavy atom. The summed E-state index contributed by atoms with van der Waals surface area (Å²) in [6.07, 6.45) is 13.1. The van der Waals surface area contributed by atoms with Crippen LogP contribution >= 0.6 is 0 Å². The molecule has 0 radical (unpaired) electrons. The van der Waals surface area contributed by atoms with Gasteiger partial charge in [-0.1, -0.05) is 49.7 Å². The average Bonchev–Trinajstić information content (AvgIpc) is 3.28. The highest BCUT2D eigenvalue weighted by atomic mass is 16.6. The van der Waals surface area contributed by atoms with Gasteiger partial charge >= 0.3 is 6.03 Å². The van der Waals surface area contributed by atoms with Crippen LogP contribution in [0.4, 0.5) is 4.79 Å². The Balaban J connectivity index is 0.000000316. The van der Waals surface area contributed by atoms with Crippen molar-refractivity contribution in [1.82, 2.24) is 14.7 Å². The summed E-state index contributed by atoms with van der Waals surface area (Å²) in [7, 11) is 1.49. The lowest BCUT2D eigenvalue weighted by Gasteiger charge is -2.27. The van der Waals surface area contributed by atoms with Crippen LogP contribution in [0.15, 0.2) is 67.2 Å². The summed E-state index contributed by atoms with van der Waals surface area (Å²) in [5.74, 6) is 0.397. The van der Waals surface area contributed by atoms with E-state index in [9.17, 15) is 9.59 Å². The minimum absolute atomic E-state index is 0.00565. The van der Waals surface area contributed by atoms with Crippen LogP contribution < -0.4 is 5.73 Å². The highest BCUT2D eigenvalue weighted by Crippen LogP contribution is 2.23. The number of hydrogen-bond acceptors (Lipinski definition) is 6. The van der Waals surface area contributed by atoms with Gasteiger partial charge in [-0.2, -0.15) is 0 Å². The minimum atomic E-state index is -0.241. The number of urea groups is 1. The second-order valence-electron chi connectivity index (χ2n) is 10.8. The summed E-state index contributed by atoms with van der Waals surface area (Å²) in [6.45, 7) is 26.6. The summed E-state index contributed by atoms with van der Waals surface area (Å²) >= 11 is 0. The first-order chi connectivity index (χ1) is 19.6. The lowest BCUT2D eigenvalue weighted by Crippen LogP contribution is -2.39. The maximum absolute atomic E-state index is 12.0. The molecule has 0 aromatic carbocycles. The fourth-order valence-corrected chi connectivity index (χ4v) is 4.70. The Kier molecular flexibility index (Phi) is 17.1. The van der Waals surface area contributed by atoms with E-state index in [2.05, 4.69) is 55.1 Å². The van der Waals surface area contributed by atoms with Crippen LogP contribution in [0.1, 0.15) is 59.3 Å². The van der Waals surface area contributed by atoms with E-state index in [0.29, 0.717) is 24.8 Å². The Hall–Kier alpha value is -3.33. The zero-order valence-corrected chi connectivity index (χ0v) is 25.9. The molecule has 3 amide bonds. The van der Waals surface area contributed by atoms with E-state index in [0.717, 1.165) is 76.5 Å². The number of nitrogens with zero attached hydrogens (tertiary/aromatic N) is 4. The van der Waals surface area contributed by atoms with Crippen molar-refractivity contribution in [1.29, 1.82) is 0 Å². The molecule has 3 aliphatic rings. The van der Waals surface area contributed by atoms with E-state index < -0.39 is 0 Å². The Bertz CT molecular complexity index is 928. The predicted molar refractivity (Wildman–Crippen MR) is 168 cm³/mol. The second kappa shape index (κ2) is 19.7. The predicted octanol–water partition coefficient (Wildman–Crippen LogP) is 5.49. The van der Waals surface area contributed by atoms with E-state index in [-0.39, 0.29) is 17.9 Å². The molecule has 3 fully saturated rings. The quantitative estimate of drug-likeness (QED) is 0.233. The number of primary amides is 1. The van der Waals surface area contributed by atoms with Gasteiger partial charge in [-0.3, -0.25) is 4.79 Å². The van der Waals surface area contributed by atoms with Crippen LogP contribution in [-0.2, 0) is 14.4 Å². The topological polar surface area (TPSA) is 101 Å². The van der Waals surface area contributed by atoms with Crippen molar-refractivity contribution >= 4 is 17.6 Å². The fraction of sp³-hybridized carbons (Fsp3) is 0.594. The number of amides is 3. The molecule has 3 rings (SSSR count). The van der Waals surface area contributed by atoms with Gasteiger partial charge in [-0.05, 0) is 64.1 Å². The monoisotopic (exact) mass is 571 g/mol. The molecule has 1 aliphatic carbocycles. The molecular formula is C32H53N5O4. The Morgan fingerprint density at radius 1 is 1.22 bits per heavy atom. The summed E-state index contributed by atoms with van der Waals surface area (Å²) in [6, 6.07) is 0.550. The maximum atomic E-state index is 12.0. The average molecular weight is 572 g/mol. The van der Waals surface area contributed by atoms with Gasteiger partial charge in [0.05, 0.1) is 5.71 Å². The van der Waals surface area contributed by atoms with Gasteiger partial charge in [-0.15, -0.1) is 0 Å². The lowest BCUT2D eigenvalue weighted by atomic mass is 9.83. The number of carbonyl (C=O) groups excluding carboxylic acids is 2. The SMILES string of the molecule is C=C/C=C(\C=C)CCCN(C=C)C(=C)C.CC(C)N1CCN(CC2CCOCC2)C1=O.CON=C1CC(C(N)=O)C1. The first kappa shape index (κ1) is 35.7. The highest BCUT2D eigenvalue weighted by Gasteiger charge is 2.32. The van der Waals surface area contributed by atoms with Crippen LogP contribution in [-0.4, -0.2) is 84.9 Å². The van der Waals surface area contributed by atoms with Crippen LogP contribution in [0.3, 0.4) is 0 Å². The van der Waals surface area contributed by atoms with E-state index in [1.165, 1.54) is 12.7 Å². The van der Waals surface area contributed by atoms with Crippen molar-refractivity contribution in [3.63, 3.8) is 0 Å². The number of hydrogen-bond donors (Lipinski definition) is 1. The van der Waals surface area contributed by atoms with Gasteiger partial charge in [0.2, 0.25) is 5.91 Å². The summed E-state index contributed by atoms with van der Waals surface area (Å²) in [5, 5.41) is 3.67. The van der Waals surface area contributed by atoms with Crippen molar-refractivity contribution in [2.45, 2.75) is 65.3 Å². The molecule has 230 valence electrons. The number of ether oxygens (including phenoxy) is 1. The van der Waals surface area contributed by atoms with Crippen molar-refractivity contribution in [2.24, 2.45) is 22.7 Å². The number of carbonyl (C=O) groups is 2. The fourth-order valence-electron chi connectivity index (χ4n) is 4.70. The van der Waals surface area contributed by atoms with Crippen molar-refractivity contribution < 1.29 is 19.2 Å². The molecule has 2 N–H and O–H groups in total. The van der Waals surface area contributed by atoms with Gasteiger partial charge in [0.25, 0.3) is 0 Å². The molecule has 1 saturated carbocycles. The molecule has 2 heterocycles. The number of nitrogens with two attached hydrogens (primary N) is 1. The largest absolute Gasteiger partial charge is 0.399 e. The number of allylic oxidation sites excluding steroid dienone is 5. The van der Waals surface area contributed by atoms with E-state index >= 15 is 0 Å². The third-order valence-electron chi connectivity index (χ3n) is 7.33. The molecule has 0 atom stereocenters. The van der Waals surface area contributed by atoms with Gasteiger partial charge in [-0.25, -0.2) is 4.79 Å². The van der Waals surface area contributed by atoms with E-state index in [1.807, 2.05) is 35.1 Å². The van der Waals surface area contributed by atoms with E-state index in [4.69, 9.17) is 10.5 Å². The molecule has 0 aromatic heterocycles. The van der Waals surface area contributed by atoms with Gasteiger partial charge in [0.15, 0.2) is 0 Å². The van der Waals surface area contributed by atoms with Crippen LogP contribution in [0, 0.1) is 11.8 Å². The Morgan fingerprint density at radius 2 is 1.88 bits per heavy atom. The summed E-state index contributed by atoms with van der Waals surface area (Å²) in [5.41, 5.74) is 8.19.